The Morgan fingerprint density at radius 1 is 1.00 bits per heavy atom. The number of anilines is 1. The van der Waals surface area contributed by atoms with E-state index in [1.54, 1.807) is 11.6 Å². The van der Waals surface area contributed by atoms with Gasteiger partial charge in [0.2, 0.25) is 0 Å². The van der Waals surface area contributed by atoms with Crippen molar-refractivity contribution in [3.63, 3.8) is 0 Å². The Balaban J connectivity index is 2.52. The molecule has 1 aliphatic rings. The first-order chi connectivity index (χ1) is 9.02. The minimum atomic E-state index is -0.297. The molecule has 2 aromatic rings. The molecule has 0 fully saturated rings. The van der Waals surface area contributed by atoms with Crippen LogP contribution in [0.3, 0.4) is 0 Å². The van der Waals surface area contributed by atoms with Crippen LogP contribution in [0.1, 0.15) is 5.56 Å². The summed E-state index contributed by atoms with van der Waals surface area (Å²) in [7, 11) is 5.09. The monoisotopic (exact) mass is 257 g/mol. The van der Waals surface area contributed by atoms with Crippen LogP contribution in [0.25, 0.3) is 11.3 Å². The number of benzene rings is 1. The van der Waals surface area contributed by atoms with Crippen LogP contribution in [0.2, 0.25) is 0 Å². The fraction of sp³-hybridized carbons (Fsp3) is 0.286. The minimum Gasteiger partial charge on any atom is -0.364 e. The van der Waals surface area contributed by atoms with E-state index in [1.165, 1.54) is 7.05 Å². The SMILES string of the molecule is CN1Cc2ccccc2-c2c1c(=O)n(C)c(=O)n2C. The second-order valence-electron chi connectivity index (χ2n) is 4.92. The molecule has 5 heteroatoms. The fourth-order valence-electron chi connectivity index (χ4n) is 2.70. The zero-order chi connectivity index (χ0) is 13.7. The van der Waals surface area contributed by atoms with E-state index in [0.717, 1.165) is 15.7 Å². The quantitative estimate of drug-likeness (QED) is 0.698. The number of hydrogen-bond acceptors (Lipinski definition) is 3. The van der Waals surface area contributed by atoms with Gasteiger partial charge in [0.15, 0.2) is 0 Å². The summed E-state index contributed by atoms with van der Waals surface area (Å²) in [5, 5.41) is 0. The van der Waals surface area contributed by atoms with Crippen molar-refractivity contribution in [1.29, 1.82) is 0 Å². The summed E-state index contributed by atoms with van der Waals surface area (Å²) in [6.07, 6.45) is 0. The van der Waals surface area contributed by atoms with Crippen LogP contribution in [-0.2, 0) is 20.6 Å². The molecule has 1 aromatic heterocycles. The third-order valence-corrected chi connectivity index (χ3v) is 3.70. The highest BCUT2D eigenvalue weighted by Gasteiger charge is 2.26. The molecule has 19 heavy (non-hydrogen) atoms. The molecule has 0 unspecified atom stereocenters. The molecule has 0 N–H and O–H groups in total. The van der Waals surface area contributed by atoms with Crippen LogP contribution in [0, 0.1) is 0 Å². The predicted molar refractivity (Wildman–Crippen MR) is 74.5 cm³/mol. The third kappa shape index (κ3) is 1.47. The molecule has 1 aliphatic heterocycles. The van der Waals surface area contributed by atoms with Crippen LogP contribution in [0.5, 0.6) is 0 Å². The first-order valence-electron chi connectivity index (χ1n) is 6.12. The Bertz CT molecular complexity index is 786. The molecule has 0 aliphatic carbocycles. The highest BCUT2D eigenvalue weighted by atomic mass is 16.2. The van der Waals surface area contributed by atoms with Crippen LogP contribution in [0.4, 0.5) is 5.69 Å². The second-order valence-corrected chi connectivity index (χ2v) is 4.92. The van der Waals surface area contributed by atoms with Gasteiger partial charge in [0.05, 0.1) is 5.69 Å². The molecule has 98 valence electrons. The minimum absolute atomic E-state index is 0.241. The van der Waals surface area contributed by atoms with Gasteiger partial charge in [-0.25, -0.2) is 4.79 Å². The van der Waals surface area contributed by atoms with E-state index in [4.69, 9.17) is 0 Å². The molecule has 0 saturated carbocycles. The lowest BCUT2D eigenvalue weighted by Crippen LogP contribution is -2.42. The maximum absolute atomic E-state index is 12.3. The van der Waals surface area contributed by atoms with Crippen LogP contribution < -0.4 is 16.1 Å². The van der Waals surface area contributed by atoms with Crippen molar-refractivity contribution < 1.29 is 0 Å². The van der Waals surface area contributed by atoms with E-state index < -0.39 is 0 Å². The Kier molecular flexibility index (Phi) is 2.38. The summed E-state index contributed by atoms with van der Waals surface area (Å²) < 4.78 is 2.70. The summed E-state index contributed by atoms with van der Waals surface area (Å²) in [5.74, 6) is 0. The topological polar surface area (TPSA) is 47.2 Å². The predicted octanol–water partition coefficient (Wildman–Crippen LogP) is 0.701. The van der Waals surface area contributed by atoms with Crippen molar-refractivity contribution in [2.75, 3.05) is 11.9 Å². The number of rotatable bonds is 0. The molecule has 3 rings (SSSR count). The number of nitrogens with zero attached hydrogens (tertiary/aromatic N) is 3. The average molecular weight is 257 g/mol. The second kappa shape index (κ2) is 3.85. The maximum atomic E-state index is 12.3. The first-order valence-corrected chi connectivity index (χ1v) is 6.12. The molecular formula is C14H15N3O2. The molecule has 5 nitrogen and oxygen atoms in total. The molecular weight excluding hydrogens is 242 g/mol. The number of aromatic nitrogens is 2. The molecule has 0 saturated heterocycles. The number of hydrogen-bond donors (Lipinski definition) is 0. The zero-order valence-corrected chi connectivity index (χ0v) is 11.2. The molecule has 0 radical (unpaired) electrons. The molecule has 0 atom stereocenters. The first kappa shape index (κ1) is 11.8. The van der Waals surface area contributed by atoms with Crippen molar-refractivity contribution in [3.05, 3.63) is 50.7 Å². The summed E-state index contributed by atoms with van der Waals surface area (Å²) in [6, 6.07) is 7.88. The van der Waals surface area contributed by atoms with Gasteiger partial charge in [0.1, 0.15) is 5.69 Å². The average Bonchev–Trinajstić information content (AvgIpc) is 2.41. The standard InChI is InChI=1S/C14H15N3O2/c1-15-8-9-6-4-5-7-10(9)11-12(15)13(18)17(3)14(19)16(11)2/h4-7H,8H2,1-3H3. The molecule has 0 spiro atoms. The lowest BCUT2D eigenvalue weighted by molar-refractivity contribution is 0.678. The highest BCUT2D eigenvalue weighted by molar-refractivity contribution is 5.80. The van der Waals surface area contributed by atoms with E-state index in [1.807, 2.05) is 36.2 Å². The van der Waals surface area contributed by atoms with Crippen molar-refractivity contribution in [2.24, 2.45) is 14.1 Å². The Hall–Kier alpha value is -2.30. The van der Waals surface area contributed by atoms with Gasteiger partial charge in [-0.2, -0.15) is 0 Å². The van der Waals surface area contributed by atoms with Gasteiger partial charge < -0.3 is 4.90 Å². The third-order valence-electron chi connectivity index (χ3n) is 3.70. The van der Waals surface area contributed by atoms with E-state index in [2.05, 4.69) is 0 Å². The van der Waals surface area contributed by atoms with Gasteiger partial charge >= 0.3 is 5.69 Å². The Morgan fingerprint density at radius 2 is 1.68 bits per heavy atom. The summed E-state index contributed by atoms with van der Waals surface area (Å²) in [5.41, 5.74) is 2.85. The van der Waals surface area contributed by atoms with E-state index in [9.17, 15) is 9.59 Å². The van der Waals surface area contributed by atoms with E-state index in [-0.39, 0.29) is 11.2 Å². The van der Waals surface area contributed by atoms with E-state index in [0.29, 0.717) is 17.9 Å². The van der Waals surface area contributed by atoms with Gasteiger partial charge in [0.25, 0.3) is 5.56 Å². The van der Waals surface area contributed by atoms with Gasteiger partial charge in [-0.15, -0.1) is 0 Å². The van der Waals surface area contributed by atoms with Gasteiger partial charge in [-0.3, -0.25) is 13.9 Å². The molecule has 1 aromatic carbocycles. The van der Waals surface area contributed by atoms with E-state index >= 15 is 0 Å². The fourth-order valence-corrected chi connectivity index (χ4v) is 2.70. The molecule has 0 bridgehead atoms. The van der Waals surface area contributed by atoms with Gasteiger partial charge in [0, 0.05) is 33.3 Å². The maximum Gasteiger partial charge on any atom is 0.331 e. The van der Waals surface area contributed by atoms with Crippen LogP contribution in [-0.4, -0.2) is 16.2 Å². The highest BCUT2D eigenvalue weighted by Crippen LogP contribution is 2.34. The van der Waals surface area contributed by atoms with Crippen molar-refractivity contribution in [3.8, 4) is 11.3 Å². The van der Waals surface area contributed by atoms with Crippen molar-refractivity contribution in [1.82, 2.24) is 9.13 Å². The zero-order valence-electron chi connectivity index (χ0n) is 11.2. The Labute approximate surface area is 110 Å². The van der Waals surface area contributed by atoms with Crippen LogP contribution in [0.15, 0.2) is 33.9 Å². The summed E-state index contributed by atoms with van der Waals surface area (Å²) in [6.45, 7) is 0.677. The van der Waals surface area contributed by atoms with Gasteiger partial charge in [-0.1, -0.05) is 24.3 Å². The Morgan fingerprint density at radius 3 is 2.42 bits per heavy atom. The molecule has 2 heterocycles. The normalized spacial score (nSPS) is 13.1. The van der Waals surface area contributed by atoms with Crippen molar-refractivity contribution in [2.45, 2.75) is 6.54 Å². The van der Waals surface area contributed by atoms with Crippen LogP contribution >= 0.6 is 0 Å². The van der Waals surface area contributed by atoms with Gasteiger partial charge in [-0.05, 0) is 5.56 Å². The summed E-state index contributed by atoms with van der Waals surface area (Å²) in [4.78, 5) is 26.3. The lowest BCUT2D eigenvalue weighted by atomic mass is 9.98. The molecule has 0 amide bonds. The number of fused-ring (bicyclic) bond motifs is 3. The lowest BCUT2D eigenvalue weighted by Gasteiger charge is -2.30. The smallest absolute Gasteiger partial charge is 0.331 e. The summed E-state index contributed by atoms with van der Waals surface area (Å²) >= 11 is 0. The largest absolute Gasteiger partial charge is 0.364 e. The van der Waals surface area contributed by atoms with Crippen molar-refractivity contribution >= 4 is 5.69 Å².